The molecule has 1 unspecified atom stereocenters. The number of halogens is 3. The number of rotatable bonds is 4. The maximum absolute atomic E-state index is 6.01. The summed E-state index contributed by atoms with van der Waals surface area (Å²) in [6, 6.07) is 5.67. The number of thiophene rings is 1. The van der Waals surface area contributed by atoms with Gasteiger partial charge in [-0.05, 0) is 51.0 Å². The Hall–Kier alpha value is -0.100. The van der Waals surface area contributed by atoms with Crippen LogP contribution in [0, 0.1) is 0 Å². The molecule has 0 aliphatic carbocycles. The Morgan fingerprint density at radius 2 is 2.06 bits per heavy atom. The van der Waals surface area contributed by atoms with E-state index in [1.54, 1.807) is 17.4 Å². The molecule has 18 heavy (non-hydrogen) atoms. The van der Waals surface area contributed by atoms with Crippen LogP contribution in [0.4, 0.5) is 0 Å². The maximum Gasteiger partial charge on any atom is 0.0595 e. The molecule has 0 spiro atoms. The highest BCUT2D eigenvalue weighted by molar-refractivity contribution is 9.10. The SMILES string of the molecule is NNC(Cc1ccc(Cl)c(Cl)c1)c1cscc1Br. The fraction of sp³-hybridized carbons (Fsp3) is 0.167. The van der Waals surface area contributed by atoms with Gasteiger partial charge in [0.15, 0.2) is 0 Å². The second-order valence-electron chi connectivity index (χ2n) is 3.85. The predicted octanol–water partition coefficient (Wildman–Crippen LogP) is 4.56. The monoisotopic (exact) mass is 364 g/mol. The Morgan fingerprint density at radius 1 is 1.28 bits per heavy atom. The summed E-state index contributed by atoms with van der Waals surface area (Å²) in [6.07, 6.45) is 0.753. The molecular weight excluding hydrogens is 355 g/mol. The van der Waals surface area contributed by atoms with Gasteiger partial charge in [-0.15, -0.1) is 0 Å². The summed E-state index contributed by atoms with van der Waals surface area (Å²) in [5.41, 5.74) is 5.06. The summed E-state index contributed by atoms with van der Waals surface area (Å²) in [5, 5.41) is 5.24. The Bertz CT molecular complexity index is 545. The minimum absolute atomic E-state index is 0.0443. The standard InChI is InChI=1S/C12H11BrCl2N2S/c13-9-6-18-5-8(9)12(17-16)4-7-1-2-10(14)11(15)3-7/h1-3,5-6,12,17H,4,16H2. The van der Waals surface area contributed by atoms with Gasteiger partial charge in [0.2, 0.25) is 0 Å². The average Bonchev–Trinajstić information content (AvgIpc) is 2.77. The van der Waals surface area contributed by atoms with Crippen LogP contribution in [0.1, 0.15) is 17.2 Å². The third-order valence-electron chi connectivity index (χ3n) is 2.64. The van der Waals surface area contributed by atoms with Crippen molar-refractivity contribution in [3.05, 3.63) is 54.6 Å². The summed E-state index contributed by atoms with van der Waals surface area (Å²) in [5.74, 6) is 5.62. The van der Waals surface area contributed by atoms with Crippen molar-refractivity contribution in [2.24, 2.45) is 5.84 Å². The van der Waals surface area contributed by atoms with Crippen LogP contribution in [0.3, 0.4) is 0 Å². The highest BCUT2D eigenvalue weighted by atomic mass is 79.9. The smallest absolute Gasteiger partial charge is 0.0595 e. The zero-order chi connectivity index (χ0) is 13.1. The number of hydrogen-bond donors (Lipinski definition) is 2. The van der Waals surface area contributed by atoms with E-state index in [9.17, 15) is 0 Å². The lowest BCUT2D eigenvalue weighted by molar-refractivity contribution is 0.552. The van der Waals surface area contributed by atoms with Crippen molar-refractivity contribution in [3.63, 3.8) is 0 Å². The minimum atomic E-state index is 0.0443. The van der Waals surface area contributed by atoms with Crippen LogP contribution in [0.2, 0.25) is 10.0 Å². The van der Waals surface area contributed by atoms with Crippen LogP contribution in [-0.2, 0) is 6.42 Å². The molecule has 0 fully saturated rings. The summed E-state index contributed by atoms with van der Waals surface area (Å²) >= 11 is 17.1. The van der Waals surface area contributed by atoms with Gasteiger partial charge in [-0.25, -0.2) is 0 Å². The lowest BCUT2D eigenvalue weighted by Gasteiger charge is -2.16. The van der Waals surface area contributed by atoms with E-state index in [0.717, 1.165) is 22.0 Å². The number of nitrogens with one attached hydrogen (secondary N) is 1. The van der Waals surface area contributed by atoms with Crippen LogP contribution < -0.4 is 11.3 Å². The minimum Gasteiger partial charge on any atom is -0.271 e. The van der Waals surface area contributed by atoms with Gasteiger partial charge >= 0.3 is 0 Å². The van der Waals surface area contributed by atoms with Gasteiger partial charge in [0.25, 0.3) is 0 Å². The van der Waals surface area contributed by atoms with Crippen LogP contribution in [0.15, 0.2) is 33.4 Å². The van der Waals surface area contributed by atoms with Crippen molar-refractivity contribution in [2.45, 2.75) is 12.5 Å². The summed E-state index contributed by atoms with van der Waals surface area (Å²) in [7, 11) is 0. The molecule has 1 atom stereocenters. The van der Waals surface area contributed by atoms with Gasteiger partial charge in [-0.3, -0.25) is 11.3 Å². The quantitative estimate of drug-likeness (QED) is 0.615. The molecule has 2 aromatic rings. The summed E-state index contributed by atoms with van der Waals surface area (Å²) < 4.78 is 1.07. The van der Waals surface area contributed by atoms with E-state index in [2.05, 4.69) is 26.7 Å². The van der Waals surface area contributed by atoms with Crippen LogP contribution in [0.25, 0.3) is 0 Å². The topological polar surface area (TPSA) is 38.0 Å². The highest BCUT2D eigenvalue weighted by Crippen LogP contribution is 2.30. The van der Waals surface area contributed by atoms with Crippen LogP contribution in [0.5, 0.6) is 0 Å². The van der Waals surface area contributed by atoms with Crippen LogP contribution in [-0.4, -0.2) is 0 Å². The van der Waals surface area contributed by atoms with E-state index in [-0.39, 0.29) is 6.04 Å². The first-order valence-electron chi connectivity index (χ1n) is 5.23. The molecule has 0 saturated heterocycles. The summed E-state index contributed by atoms with van der Waals surface area (Å²) in [4.78, 5) is 0. The zero-order valence-electron chi connectivity index (χ0n) is 9.29. The van der Waals surface area contributed by atoms with Crippen LogP contribution >= 0.6 is 50.5 Å². The molecule has 1 heterocycles. The van der Waals surface area contributed by atoms with E-state index in [1.807, 2.05) is 17.5 Å². The number of hydrogen-bond acceptors (Lipinski definition) is 3. The largest absolute Gasteiger partial charge is 0.271 e. The Morgan fingerprint density at radius 3 is 2.61 bits per heavy atom. The molecule has 0 bridgehead atoms. The van der Waals surface area contributed by atoms with E-state index in [1.165, 1.54) is 0 Å². The van der Waals surface area contributed by atoms with Crippen molar-refractivity contribution in [2.75, 3.05) is 0 Å². The first kappa shape index (κ1) is 14.3. The first-order valence-corrected chi connectivity index (χ1v) is 7.72. The molecule has 0 saturated carbocycles. The Balaban J connectivity index is 2.20. The zero-order valence-corrected chi connectivity index (χ0v) is 13.2. The Labute approximate surface area is 128 Å². The van der Waals surface area contributed by atoms with E-state index >= 15 is 0 Å². The average molecular weight is 366 g/mol. The molecule has 1 aromatic carbocycles. The van der Waals surface area contributed by atoms with Gasteiger partial charge in [0, 0.05) is 9.85 Å². The Kier molecular flexibility index (Phi) is 5.06. The molecule has 3 N–H and O–H groups in total. The molecule has 0 aliphatic rings. The van der Waals surface area contributed by atoms with E-state index in [0.29, 0.717) is 10.0 Å². The number of hydrazine groups is 1. The van der Waals surface area contributed by atoms with E-state index < -0.39 is 0 Å². The predicted molar refractivity (Wildman–Crippen MR) is 82.2 cm³/mol. The fourth-order valence-corrected chi connectivity index (χ4v) is 3.65. The second kappa shape index (κ2) is 6.37. The third kappa shape index (κ3) is 3.26. The molecule has 0 radical (unpaired) electrons. The number of nitrogens with two attached hydrogens (primary N) is 1. The van der Waals surface area contributed by atoms with Gasteiger partial charge in [0.05, 0.1) is 16.1 Å². The molecule has 96 valence electrons. The number of benzene rings is 1. The van der Waals surface area contributed by atoms with Crippen molar-refractivity contribution in [1.29, 1.82) is 0 Å². The third-order valence-corrected chi connectivity index (χ3v) is 5.13. The van der Waals surface area contributed by atoms with E-state index in [4.69, 9.17) is 29.0 Å². The molecule has 0 amide bonds. The van der Waals surface area contributed by atoms with Crippen molar-refractivity contribution >= 4 is 50.5 Å². The molecule has 2 rings (SSSR count). The fourth-order valence-electron chi connectivity index (χ4n) is 1.70. The second-order valence-corrected chi connectivity index (χ2v) is 6.26. The van der Waals surface area contributed by atoms with Gasteiger partial charge < -0.3 is 0 Å². The molecular formula is C12H11BrCl2N2S. The maximum atomic E-state index is 6.01. The van der Waals surface area contributed by atoms with Gasteiger partial charge in [-0.1, -0.05) is 29.3 Å². The molecule has 0 aliphatic heterocycles. The molecule has 6 heteroatoms. The van der Waals surface area contributed by atoms with Crippen molar-refractivity contribution in [1.82, 2.24) is 5.43 Å². The van der Waals surface area contributed by atoms with Crippen molar-refractivity contribution in [3.8, 4) is 0 Å². The lowest BCUT2D eigenvalue weighted by atomic mass is 10.0. The van der Waals surface area contributed by atoms with Gasteiger partial charge in [-0.2, -0.15) is 11.3 Å². The summed E-state index contributed by atoms with van der Waals surface area (Å²) in [6.45, 7) is 0. The van der Waals surface area contributed by atoms with Crippen molar-refractivity contribution < 1.29 is 0 Å². The molecule has 1 aromatic heterocycles. The first-order chi connectivity index (χ1) is 8.61. The highest BCUT2D eigenvalue weighted by Gasteiger charge is 2.15. The molecule has 2 nitrogen and oxygen atoms in total. The lowest BCUT2D eigenvalue weighted by Crippen LogP contribution is -2.29. The normalized spacial score (nSPS) is 12.7. The van der Waals surface area contributed by atoms with Gasteiger partial charge in [0.1, 0.15) is 0 Å².